The highest BCUT2D eigenvalue weighted by atomic mass is 16.3. The molecule has 0 radical (unpaired) electrons. The van der Waals surface area contributed by atoms with Gasteiger partial charge in [0.2, 0.25) is 0 Å². The van der Waals surface area contributed by atoms with Crippen LogP contribution in [0.2, 0.25) is 0 Å². The largest absolute Gasteiger partial charge is 0.389 e. The van der Waals surface area contributed by atoms with Crippen molar-refractivity contribution in [2.45, 2.75) is 57.1 Å². The van der Waals surface area contributed by atoms with Gasteiger partial charge in [-0.1, -0.05) is 19.3 Å². The van der Waals surface area contributed by atoms with E-state index in [0.29, 0.717) is 5.54 Å². The van der Waals surface area contributed by atoms with Crippen LogP contribution in [-0.4, -0.2) is 47.3 Å². The lowest BCUT2D eigenvalue weighted by Gasteiger charge is -2.51. The SMILES string of the molecule is CC(C)(O)CN1CCNCC12CCCCC2. The van der Waals surface area contributed by atoms with Gasteiger partial charge in [-0.2, -0.15) is 0 Å². The minimum Gasteiger partial charge on any atom is -0.389 e. The Kier molecular flexibility index (Phi) is 3.57. The van der Waals surface area contributed by atoms with Crippen LogP contribution >= 0.6 is 0 Å². The summed E-state index contributed by atoms with van der Waals surface area (Å²) < 4.78 is 0. The van der Waals surface area contributed by atoms with E-state index in [-0.39, 0.29) is 0 Å². The Labute approximate surface area is 99.2 Å². The van der Waals surface area contributed by atoms with Crippen molar-refractivity contribution in [3.05, 3.63) is 0 Å². The van der Waals surface area contributed by atoms with Crippen molar-refractivity contribution in [1.82, 2.24) is 10.2 Å². The van der Waals surface area contributed by atoms with Crippen molar-refractivity contribution in [3.63, 3.8) is 0 Å². The number of aliphatic hydroxyl groups is 1. The molecule has 1 aliphatic heterocycles. The molecule has 0 amide bonds. The van der Waals surface area contributed by atoms with Crippen molar-refractivity contribution in [2.24, 2.45) is 0 Å². The normalized spacial score (nSPS) is 27.2. The van der Waals surface area contributed by atoms with Crippen LogP contribution in [0.4, 0.5) is 0 Å². The van der Waals surface area contributed by atoms with E-state index in [4.69, 9.17) is 0 Å². The van der Waals surface area contributed by atoms with E-state index >= 15 is 0 Å². The fraction of sp³-hybridized carbons (Fsp3) is 1.00. The van der Waals surface area contributed by atoms with Gasteiger partial charge in [0.25, 0.3) is 0 Å². The minimum absolute atomic E-state index is 0.344. The standard InChI is InChI=1S/C13H26N2O/c1-12(2,16)11-15-9-8-14-10-13(15)6-4-3-5-7-13/h14,16H,3-11H2,1-2H3. The molecule has 2 rings (SSSR count). The van der Waals surface area contributed by atoms with Crippen molar-refractivity contribution in [3.8, 4) is 0 Å². The van der Waals surface area contributed by atoms with Crippen LogP contribution in [0, 0.1) is 0 Å². The molecular weight excluding hydrogens is 200 g/mol. The van der Waals surface area contributed by atoms with E-state index in [1.807, 2.05) is 13.8 Å². The van der Waals surface area contributed by atoms with Gasteiger partial charge in [-0.15, -0.1) is 0 Å². The average molecular weight is 226 g/mol. The Morgan fingerprint density at radius 2 is 1.94 bits per heavy atom. The molecule has 2 fully saturated rings. The van der Waals surface area contributed by atoms with E-state index in [0.717, 1.165) is 26.2 Å². The molecule has 0 bridgehead atoms. The second-order valence-electron chi connectivity index (χ2n) is 6.20. The van der Waals surface area contributed by atoms with Crippen LogP contribution in [0.5, 0.6) is 0 Å². The molecule has 1 saturated heterocycles. The zero-order valence-corrected chi connectivity index (χ0v) is 10.8. The molecule has 0 aromatic rings. The van der Waals surface area contributed by atoms with Crippen molar-refractivity contribution >= 4 is 0 Å². The topological polar surface area (TPSA) is 35.5 Å². The van der Waals surface area contributed by atoms with Crippen LogP contribution in [0.1, 0.15) is 46.0 Å². The van der Waals surface area contributed by atoms with E-state index in [9.17, 15) is 5.11 Å². The Bertz CT molecular complexity index is 220. The molecule has 3 heteroatoms. The highest BCUT2D eigenvalue weighted by molar-refractivity contribution is 4.99. The van der Waals surface area contributed by atoms with Crippen LogP contribution in [0.25, 0.3) is 0 Å². The molecule has 0 atom stereocenters. The maximum absolute atomic E-state index is 10.0. The minimum atomic E-state index is -0.568. The lowest BCUT2D eigenvalue weighted by atomic mass is 9.78. The van der Waals surface area contributed by atoms with Gasteiger partial charge in [-0.3, -0.25) is 4.90 Å². The summed E-state index contributed by atoms with van der Waals surface area (Å²) in [6, 6.07) is 0. The molecular formula is C13H26N2O. The Balaban J connectivity index is 2.06. The summed E-state index contributed by atoms with van der Waals surface area (Å²) in [5.74, 6) is 0. The van der Waals surface area contributed by atoms with Crippen LogP contribution in [-0.2, 0) is 0 Å². The van der Waals surface area contributed by atoms with Gasteiger partial charge < -0.3 is 10.4 Å². The third-order valence-corrected chi connectivity index (χ3v) is 4.05. The summed E-state index contributed by atoms with van der Waals surface area (Å²) >= 11 is 0. The Morgan fingerprint density at radius 3 is 2.56 bits per heavy atom. The summed E-state index contributed by atoms with van der Waals surface area (Å²) in [6.45, 7) is 7.93. The highest BCUT2D eigenvalue weighted by Crippen LogP contribution is 2.35. The van der Waals surface area contributed by atoms with Gasteiger partial charge in [0.05, 0.1) is 5.60 Å². The quantitative estimate of drug-likeness (QED) is 0.746. The highest BCUT2D eigenvalue weighted by Gasteiger charge is 2.41. The van der Waals surface area contributed by atoms with Crippen molar-refractivity contribution in [2.75, 3.05) is 26.2 Å². The molecule has 0 unspecified atom stereocenters. The first kappa shape index (κ1) is 12.3. The molecule has 1 saturated carbocycles. The first-order valence-electron chi connectivity index (χ1n) is 6.70. The maximum atomic E-state index is 10.0. The van der Waals surface area contributed by atoms with Gasteiger partial charge in [-0.05, 0) is 26.7 Å². The lowest BCUT2D eigenvalue weighted by molar-refractivity contribution is -0.0382. The predicted molar refractivity (Wildman–Crippen MR) is 66.6 cm³/mol. The Hall–Kier alpha value is -0.120. The number of piperazine rings is 1. The molecule has 1 aliphatic carbocycles. The second kappa shape index (κ2) is 4.63. The second-order valence-corrected chi connectivity index (χ2v) is 6.20. The fourth-order valence-corrected chi connectivity index (χ4v) is 3.30. The van der Waals surface area contributed by atoms with Crippen LogP contribution in [0.15, 0.2) is 0 Å². The van der Waals surface area contributed by atoms with E-state index in [2.05, 4.69) is 10.2 Å². The van der Waals surface area contributed by atoms with Gasteiger partial charge in [-0.25, -0.2) is 0 Å². The predicted octanol–water partition coefficient (Wildman–Crippen LogP) is 1.37. The molecule has 1 spiro atoms. The maximum Gasteiger partial charge on any atom is 0.0718 e. The molecule has 2 N–H and O–H groups in total. The number of hydrogen-bond donors (Lipinski definition) is 2. The molecule has 0 aromatic heterocycles. The first-order valence-corrected chi connectivity index (χ1v) is 6.70. The molecule has 16 heavy (non-hydrogen) atoms. The number of nitrogens with one attached hydrogen (secondary N) is 1. The molecule has 0 aromatic carbocycles. The number of hydrogen-bond acceptors (Lipinski definition) is 3. The van der Waals surface area contributed by atoms with Crippen molar-refractivity contribution in [1.29, 1.82) is 0 Å². The van der Waals surface area contributed by atoms with Gasteiger partial charge in [0.1, 0.15) is 0 Å². The number of β-amino-alcohol motifs (C(OH)–C–C–N with tert-alkyl or cyclic N) is 1. The summed E-state index contributed by atoms with van der Waals surface area (Å²) in [5.41, 5.74) is -0.224. The number of nitrogens with zero attached hydrogens (tertiary/aromatic N) is 1. The van der Waals surface area contributed by atoms with E-state index in [1.165, 1.54) is 32.1 Å². The summed E-state index contributed by atoms with van der Waals surface area (Å²) in [4.78, 5) is 2.54. The van der Waals surface area contributed by atoms with Crippen LogP contribution < -0.4 is 5.32 Å². The zero-order valence-electron chi connectivity index (χ0n) is 10.8. The van der Waals surface area contributed by atoms with Gasteiger partial charge in [0.15, 0.2) is 0 Å². The number of rotatable bonds is 2. The first-order chi connectivity index (χ1) is 7.52. The molecule has 94 valence electrons. The summed E-state index contributed by atoms with van der Waals surface area (Å²) in [7, 11) is 0. The zero-order chi connectivity index (χ0) is 11.6. The smallest absolute Gasteiger partial charge is 0.0718 e. The van der Waals surface area contributed by atoms with Crippen LogP contribution in [0.3, 0.4) is 0 Å². The van der Waals surface area contributed by atoms with E-state index in [1.54, 1.807) is 0 Å². The Morgan fingerprint density at radius 1 is 1.25 bits per heavy atom. The van der Waals surface area contributed by atoms with Gasteiger partial charge >= 0.3 is 0 Å². The van der Waals surface area contributed by atoms with Gasteiger partial charge in [0, 0.05) is 31.7 Å². The monoisotopic (exact) mass is 226 g/mol. The summed E-state index contributed by atoms with van der Waals surface area (Å²) in [6.07, 6.45) is 6.69. The fourth-order valence-electron chi connectivity index (χ4n) is 3.30. The summed E-state index contributed by atoms with van der Waals surface area (Å²) in [5, 5.41) is 13.6. The average Bonchev–Trinajstić information content (AvgIpc) is 2.21. The molecule has 1 heterocycles. The van der Waals surface area contributed by atoms with Crippen molar-refractivity contribution < 1.29 is 5.11 Å². The van der Waals surface area contributed by atoms with E-state index < -0.39 is 5.60 Å². The molecule has 2 aliphatic rings. The lowest BCUT2D eigenvalue weighted by Crippen LogP contribution is -2.64. The molecule has 3 nitrogen and oxygen atoms in total. The third-order valence-electron chi connectivity index (χ3n) is 4.05. The third kappa shape index (κ3) is 2.76.